The quantitative estimate of drug-likeness (QED) is 0.228. The smallest absolute Gasteiger partial charge is 0.328 e. The van der Waals surface area contributed by atoms with Gasteiger partial charge < -0.3 is 21.3 Å². The average Bonchev–Trinajstić information content (AvgIpc) is 2.09. The summed E-state index contributed by atoms with van der Waals surface area (Å²) in [6.07, 6.45) is -0.396. The van der Waals surface area contributed by atoms with Crippen LogP contribution in [0.1, 0.15) is 19.8 Å². The van der Waals surface area contributed by atoms with Gasteiger partial charge in [0.1, 0.15) is 0 Å². The second-order valence-corrected chi connectivity index (χ2v) is 2.91. The van der Waals surface area contributed by atoms with Crippen molar-refractivity contribution in [3.8, 4) is 0 Å². The minimum Gasteiger partial charge on any atom is -0.480 e. The highest BCUT2D eigenvalue weighted by atomic mass is 16.6. The standard InChI is InChI=1S/C8H13N3O5/c1-4(12)16-6(13)3-2-5(7(14)15)11-8(9)10/h5H,2-3H2,1H3,(H,14,15)(H4,9,10,11)/t5-/m1/s1. The average molecular weight is 231 g/mol. The molecule has 0 fully saturated rings. The topological polar surface area (TPSA) is 145 Å². The van der Waals surface area contributed by atoms with E-state index in [9.17, 15) is 14.4 Å². The van der Waals surface area contributed by atoms with Crippen LogP contribution in [-0.4, -0.2) is 35.0 Å². The lowest BCUT2D eigenvalue weighted by Gasteiger charge is -2.06. The zero-order chi connectivity index (χ0) is 12.7. The van der Waals surface area contributed by atoms with Gasteiger partial charge >= 0.3 is 17.9 Å². The van der Waals surface area contributed by atoms with Gasteiger partial charge in [0.05, 0.1) is 0 Å². The highest BCUT2D eigenvalue weighted by Gasteiger charge is 2.19. The number of guanidine groups is 1. The maximum atomic E-state index is 10.9. The molecule has 0 unspecified atom stereocenters. The second kappa shape index (κ2) is 6.38. The van der Waals surface area contributed by atoms with Gasteiger partial charge in [0.25, 0.3) is 0 Å². The maximum absolute atomic E-state index is 10.9. The molecule has 8 nitrogen and oxygen atoms in total. The van der Waals surface area contributed by atoms with Crippen LogP contribution in [0.3, 0.4) is 0 Å². The Morgan fingerprint density at radius 1 is 1.38 bits per heavy atom. The summed E-state index contributed by atoms with van der Waals surface area (Å²) in [7, 11) is 0. The van der Waals surface area contributed by atoms with E-state index in [-0.39, 0.29) is 18.8 Å². The molecule has 0 aliphatic heterocycles. The second-order valence-electron chi connectivity index (χ2n) is 2.91. The van der Waals surface area contributed by atoms with Crippen LogP contribution in [0.5, 0.6) is 0 Å². The van der Waals surface area contributed by atoms with E-state index in [0.29, 0.717) is 0 Å². The third-order valence-corrected chi connectivity index (χ3v) is 1.47. The van der Waals surface area contributed by atoms with Crippen molar-refractivity contribution >= 4 is 23.9 Å². The minimum atomic E-state index is -1.26. The van der Waals surface area contributed by atoms with Crippen molar-refractivity contribution in [3.63, 3.8) is 0 Å². The van der Waals surface area contributed by atoms with Crippen molar-refractivity contribution in [2.75, 3.05) is 0 Å². The molecule has 5 N–H and O–H groups in total. The summed E-state index contributed by atoms with van der Waals surface area (Å²) in [6, 6.07) is -1.22. The first-order chi connectivity index (χ1) is 7.32. The summed E-state index contributed by atoms with van der Waals surface area (Å²) in [4.78, 5) is 35.3. The Morgan fingerprint density at radius 2 is 1.94 bits per heavy atom. The molecule has 0 rings (SSSR count). The van der Waals surface area contributed by atoms with Crippen LogP contribution < -0.4 is 11.5 Å². The summed E-state index contributed by atoms with van der Waals surface area (Å²) in [5.41, 5.74) is 10.0. The van der Waals surface area contributed by atoms with Gasteiger partial charge in [-0.25, -0.2) is 9.79 Å². The Bertz CT molecular complexity index is 322. The first-order valence-electron chi connectivity index (χ1n) is 4.35. The van der Waals surface area contributed by atoms with Gasteiger partial charge in [-0.05, 0) is 6.42 Å². The summed E-state index contributed by atoms with van der Waals surface area (Å²) in [6.45, 7) is 1.07. The molecule has 0 aliphatic carbocycles. The van der Waals surface area contributed by atoms with Gasteiger partial charge in [0, 0.05) is 13.3 Å². The van der Waals surface area contributed by atoms with E-state index >= 15 is 0 Å². The summed E-state index contributed by atoms with van der Waals surface area (Å²) in [5.74, 6) is -3.21. The molecule has 0 heterocycles. The number of nitrogens with zero attached hydrogens (tertiary/aromatic N) is 1. The predicted molar refractivity (Wildman–Crippen MR) is 53.2 cm³/mol. The molecule has 0 bridgehead atoms. The first kappa shape index (κ1) is 13.9. The van der Waals surface area contributed by atoms with Crippen LogP contribution in [-0.2, 0) is 19.1 Å². The molecular formula is C8H13N3O5. The molecule has 0 aliphatic rings. The monoisotopic (exact) mass is 231 g/mol. The van der Waals surface area contributed by atoms with Crippen molar-refractivity contribution in [1.29, 1.82) is 0 Å². The van der Waals surface area contributed by atoms with Crippen LogP contribution in [0.4, 0.5) is 0 Å². The number of carbonyl (C=O) groups excluding carboxylic acids is 2. The first-order valence-corrected chi connectivity index (χ1v) is 4.35. The Morgan fingerprint density at radius 3 is 2.31 bits per heavy atom. The number of carboxylic acid groups (broad SMARTS) is 1. The largest absolute Gasteiger partial charge is 0.480 e. The molecule has 0 amide bonds. The minimum absolute atomic E-state index is 0.140. The van der Waals surface area contributed by atoms with Crippen molar-refractivity contribution in [2.24, 2.45) is 16.5 Å². The highest BCUT2D eigenvalue weighted by molar-refractivity contribution is 5.85. The molecule has 0 aromatic carbocycles. The number of carboxylic acids is 1. The van der Waals surface area contributed by atoms with Crippen molar-refractivity contribution in [3.05, 3.63) is 0 Å². The number of hydrogen-bond acceptors (Lipinski definition) is 5. The van der Waals surface area contributed by atoms with Gasteiger partial charge in [-0.2, -0.15) is 0 Å². The summed E-state index contributed by atoms with van der Waals surface area (Å²) in [5, 5.41) is 8.68. The number of aliphatic carboxylic acids is 1. The van der Waals surface area contributed by atoms with Crippen LogP contribution >= 0.6 is 0 Å². The normalized spacial score (nSPS) is 11.3. The van der Waals surface area contributed by atoms with E-state index in [0.717, 1.165) is 6.92 Å². The van der Waals surface area contributed by atoms with Crippen LogP contribution in [0.15, 0.2) is 4.99 Å². The van der Waals surface area contributed by atoms with Gasteiger partial charge in [0.15, 0.2) is 12.0 Å². The Hall–Kier alpha value is -2.12. The molecule has 0 saturated heterocycles. The predicted octanol–water partition coefficient (Wildman–Crippen LogP) is -1.42. The number of aliphatic imine (C=N–C) groups is 1. The van der Waals surface area contributed by atoms with E-state index in [1.54, 1.807) is 0 Å². The fourth-order valence-electron chi connectivity index (χ4n) is 0.889. The SMILES string of the molecule is CC(=O)OC(=O)CC[C@@H](N=C(N)N)C(=O)O. The zero-order valence-corrected chi connectivity index (χ0v) is 8.67. The molecule has 90 valence electrons. The van der Waals surface area contributed by atoms with Crippen molar-refractivity contribution in [1.82, 2.24) is 0 Å². The number of carbonyl (C=O) groups is 3. The van der Waals surface area contributed by atoms with Crippen LogP contribution in [0.2, 0.25) is 0 Å². The molecular weight excluding hydrogens is 218 g/mol. The Kier molecular flexibility index (Phi) is 5.53. The van der Waals surface area contributed by atoms with E-state index in [4.69, 9.17) is 16.6 Å². The van der Waals surface area contributed by atoms with Gasteiger partial charge in [0.2, 0.25) is 0 Å². The Balaban J connectivity index is 4.23. The van der Waals surface area contributed by atoms with Crippen LogP contribution in [0, 0.1) is 0 Å². The number of hydrogen-bond donors (Lipinski definition) is 3. The lowest BCUT2D eigenvalue weighted by Crippen LogP contribution is -2.29. The van der Waals surface area contributed by atoms with E-state index < -0.39 is 23.9 Å². The molecule has 0 aromatic heterocycles. The number of ether oxygens (including phenoxy) is 1. The summed E-state index contributed by atoms with van der Waals surface area (Å²) < 4.78 is 4.20. The maximum Gasteiger partial charge on any atom is 0.328 e. The van der Waals surface area contributed by atoms with Crippen molar-refractivity contribution < 1.29 is 24.2 Å². The lowest BCUT2D eigenvalue weighted by atomic mass is 10.1. The third-order valence-electron chi connectivity index (χ3n) is 1.47. The van der Waals surface area contributed by atoms with E-state index in [1.807, 2.05) is 0 Å². The number of esters is 2. The number of rotatable bonds is 5. The zero-order valence-electron chi connectivity index (χ0n) is 8.67. The molecule has 8 heteroatoms. The Labute approximate surface area is 91.3 Å². The fraction of sp³-hybridized carbons (Fsp3) is 0.500. The molecule has 1 atom stereocenters. The lowest BCUT2D eigenvalue weighted by molar-refractivity contribution is -0.158. The number of nitrogens with two attached hydrogens (primary N) is 2. The molecule has 0 radical (unpaired) electrons. The van der Waals surface area contributed by atoms with Gasteiger partial charge in [-0.3, -0.25) is 9.59 Å². The highest BCUT2D eigenvalue weighted by Crippen LogP contribution is 2.04. The third kappa shape index (κ3) is 6.35. The molecule has 16 heavy (non-hydrogen) atoms. The van der Waals surface area contributed by atoms with E-state index in [2.05, 4.69) is 9.73 Å². The van der Waals surface area contributed by atoms with Crippen LogP contribution in [0.25, 0.3) is 0 Å². The van der Waals surface area contributed by atoms with Gasteiger partial charge in [-0.1, -0.05) is 0 Å². The molecule has 0 spiro atoms. The molecule has 0 saturated carbocycles. The summed E-state index contributed by atoms with van der Waals surface area (Å²) >= 11 is 0. The van der Waals surface area contributed by atoms with Crippen molar-refractivity contribution in [2.45, 2.75) is 25.8 Å². The fourth-order valence-corrected chi connectivity index (χ4v) is 0.889. The molecule has 0 aromatic rings. The van der Waals surface area contributed by atoms with E-state index in [1.165, 1.54) is 0 Å². The van der Waals surface area contributed by atoms with Gasteiger partial charge in [-0.15, -0.1) is 0 Å².